The third-order valence-electron chi connectivity index (χ3n) is 5.03. The van der Waals surface area contributed by atoms with E-state index in [1.54, 1.807) is 0 Å². The molecular weight excluding hydrogens is 296 g/mol. The molecule has 3 rings (SSSR count). The van der Waals surface area contributed by atoms with Gasteiger partial charge in [0.15, 0.2) is 0 Å². The minimum absolute atomic E-state index is 0.138. The highest BCUT2D eigenvalue weighted by atomic mass is 16.1. The van der Waals surface area contributed by atoms with Crippen molar-refractivity contribution in [2.24, 2.45) is 5.92 Å². The Balaban J connectivity index is 1.79. The number of amides is 1. The summed E-state index contributed by atoms with van der Waals surface area (Å²) in [4.78, 5) is 17.2. The SMILES string of the molecule is [CH2]CCc1ccc2c(NC(=O)CC3CCCCC3)c(C)ccc2n1. The van der Waals surface area contributed by atoms with Gasteiger partial charge in [0, 0.05) is 17.5 Å². The van der Waals surface area contributed by atoms with E-state index in [9.17, 15) is 4.79 Å². The Kier molecular flexibility index (Phi) is 5.49. The molecule has 1 radical (unpaired) electrons. The van der Waals surface area contributed by atoms with E-state index < -0.39 is 0 Å². The molecule has 1 fully saturated rings. The van der Waals surface area contributed by atoms with Crippen molar-refractivity contribution < 1.29 is 4.79 Å². The Morgan fingerprint density at radius 2 is 2.00 bits per heavy atom. The van der Waals surface area contributed by atoms with Crippen LogP contribution in [0.15, 0.2) is 24.3 Å². The van der Waals surface area contributed by atoms with E-state index in [4.69, 9.17) is 4.98 Å². The minimum atomic E-state index is 0.138. The van der Waals surface area contributed by atoms with Gasteiger partial charge >= 0.3 is 0 Å². The second-order valence-corrected chi connectivity index (χ2v) is 6.99. The molecule has 1 amide bonds. The third kappa shape index (κ3) is 3.95. The van der Waals surface area contributed by atoms with E-state index in [2.05, 4.69) is 18.3 Å². The molecule has 0 atom stereocenters. The molecule has 1 aromatic heterocycles. The molecule has 0 spiro atoms. The van der Waals surface area contributed by atoms with Crippen LogP contribution in [0.25, 0.3) is 10.9 Å². The first kappa shape index (κ1) is 16.9. The molecule has 3 nitrogen and oxygen atoms in total. The fourth-order valence-corrected chi connectivity index (χ4v) is 3.69. The second kappa shape index (κ2) is 7.78. The maximum atomic E-state index is 12.5. The van der Waals surface area contributed by atoms with Crippen molar-refractivity contribution in [2.75, 3.05) is 5.32 Å². The summed E-state index contributed by atoms with van der Waals surface area (Å²) in [6.07, 6.45) is 8.61. The Morgan fingerprint density at radius 3 is 2.75 bits per heavy atom. The average molecular weight is 323 g/mol. The second-order valence-electron chi connectivity index (χ2n) is 6.99. The Labute approximate surface area is 144 Å². The molecule has 1 aromatic carbocycles. The number of aromatic nitrogens is 1. The minimum Gasteiger partial charge on any atom is -0.325 e. The van der Waals surface area contributed by atoms with Crippen LogP contribution in [0.1, 0.15) is 56.2 Å². The van der Waals surface area contributed by atoms with E-state index in [1.807, 2.05) is 25.1 Å². The number of rotatable bonds is 5. The van der Waals surface area contributed by atoms with Gasteiger partial charge in [-0.05, 0) is 62.3 Å². The average Bonchev–Trinajstić information content (AvgIpc) is 2.59. The zero-order valence-electron chi connectivity index (χ0n) is 14.6. The van der Waals surface area contributed by atoms with Crippen LogP contribution < -0.4 is 5.32 Å². The molecule has 0 saturated heterocycles. The van der Waals surface area contributed by atoms with Gasteiger partial charge in [-0.2, -0.15) is 0 Å². The van der Waals surface area contributed by atoms with Crippen molar-refractivity contribution in [3.63, 3.8) is 0 Å². The number of nitrogens with one attached hydrogen (secondary N) is 1. The molecule has 2 aromatic rings. The van der Waals surface area contributed by atoms with Gasteiger partial charge in [-0.15, -0.1) is 0 Å². The zero-order valence-corrected chi connectivity index (χ0v) is 14.6. The van der Waals surface area contributed by atoms with Crippen LogP contribution in [-0.2, 0) is 11.2 Å². The number of nitrogens with zero attached hydrogens (tertiary/aromatic N) is 1. The van der Waals surface area contributed by atoms with Crippen LogP contribution in [0.2, 0.25) is 0 Å². The van der Waals surface area contributed by atoms with Crippen molar-refractivity contribution >= 4 is 22.5 Å². The summed E-state index contributed by atoms with van der Waals surface area (Å²) in [5.74, 6) is 0.690. The van der Waals surface area contributed by atoms with Gasteiger partial charge in [-0.25, -0.2) is 0 Å². The molecule has 127 valence electrons. The summed E-state index contributed by atoms with van der Waals surface area (Å²) in [6.45, 7) is 5.93. The van der Waals surface area contributed by atoms with E-state index in [-0.39, 0.29) is 5.91 Å². The van der Waals surface area contributed by atoms with E-state index >= 15 is 0 Å². The molecule has 0 bridgehead atoms. The highest BCUT2D eigenvalue weighted by molar-refractivity contribution is 6.02. The number of pyridine rings is 1. The fourth-order valence-electron chi connectivity index (χ4n) is 3.69. The largest absolute Gasteiger partial charge is 0.325 e. The maximum absolute atomic E-state index is 12.5. The number of carbonyl (C=O) groups excluding carboxylic acids is 1. The molecular formula is C21H27N2O. The van der Waals surface area contributed by atoms with Crippen molar-refractivity contribution in [3.8, 4) is 0 Å². The van der Waals surface area contributed by atoms with Crippen LogP contribution in [0.5, 0.6) is 0 Å². The van der Waals surface area contributed by atoms with E-state index in [0.29, 0.717) is 12.3 Å². The molecule has 1 heterocycles. The number of carbonyl (C=O) groups is 1. The Bertz CT molecular complexity index is 717. The van der Waals surface area contributed by atoms with Gasteiger partial charge in [0.2, 0.25) is 5.91 Å². The first-order chi connectivity index (χ1) is 11.7. The number of benzene rings is 1. The standard InChI is InChI=1S/C21H27N2O/c1-3-7-17-11-12-18-19(22-17)13-10-15(2)21(18)23-20(24)14-16-8-5-4-6-9-16/h10-13,16H,1,3-9,14H2,2H3,(H,23,24). The van der Waals surface area contributed by atoms with Crippen molar-refractivity contribution in [3.05, 3.63) is 42.4 Å². The molecule has 1 N–H and O–H groups in total. The first-order valence-corrected chi connectivity index (χ1v) is 9.15. The molecule has 1 aliphatic carbocycles. The monoisotopic (exact) mass is 323 g/mol. The smallest absolute Gasteiger partial charge is 0.224 e. The molecule has 0 unspecified atom stereocenters. The van der Waals surface area contributed by atoms with Gasteiger partial charge in [-0.1, -0.05) is 32.3 Å². The first-order valence-electron chi connectivity index (χ1n) is 9.15. The van der Waals surface area contributed by atoms with Gasteiger partial charge < -0.3 is 5.32 Å². The summed E-state index contributed by atoms with van der Waals surface area (Å²) in [5.41, 5.74) is 4.01. The maximum Gasteiger partial charge on any atom is 0.224 e. The molecule has 0 aliphatic heterocycles. The Morgan fingerprint density at radius 1 is 1.21 bits per heavy atom. The van der Waals surface area contributed by atoms with Gasteiger partial charge in [-0.3, -0.25) is 9.78 Å². The van der Waals surface area contributed by atoms with Crippen LogP contribution in [0.3, 0.4) is 0 Å². The van der Waals surface area contributed by atoms with Crippen LogP contribution in [-0.4, -0.2) is 10.9 Å². The van der Waals surface area contributed by atoms with Crippen molar-refractivity contribution in [2.45, 2.75) is 58.3 Å². The molecule has 1 saturated carbocycles. The summed E-state index contributed by atoms with van der Waals surface area (Å²) < 4.78 is 0. The lowest BCUT2D eigenvalue weighted by atomic mass is 9.87. The van der Waals surface area contributed by atoms with Crippen molar-refractivity contribution in [1.82, 2.24) is 4.98 Å². The number of hydrogen-bond acceptors (Lipinski definition) is 2. The van der Waals surface area contributed by atoms with Crippen LogP contribution in [0.4, 0.5) is 5.69 Å². The predicted octanol–water partition coefficient (Wildman–Crippen LogP) is 5.22. The van der Waals surface area contributed by atoms with Gasteiger partial charge in [0.25, 0.3) is 0 Å². The highest BCUT2D eigenvalue weighted by Crippen LogP contribution is 2.29. The predicted molar refractivity (Wildman–Crippen MR) is 100.0 cm³/mol. The number of fused-ring (bicyclic) bond motifs is 1. The van der Waals surface area contributed by atoms with Gasteiger partial charge in [0.1, 0.15) is 0 Å². The van der Waals surface area contributed by atoms with E-state index in [0.717, 1.165) is 40.7 Å². The summed E-state index contributed by atoms with van der Waals surface area (Å²) in [5, 5.41) is 4.19. The van der Waals surface area contributed by atoms with Gasteiger partial charge in [0.05, 0.1) is 11.2 Å². The van der Waals surface area contributed by atoms with E-state index in [1.165, 1.54) is 32.1 Å². The highest BCUT2D eigenvalue weighted by Gasteiger charge is 2.18. The lowest BCUT2D eigenvalue weighted by Crippen LogP contribution is -2.19. The fraction of sp³-hybridized carbons (Fsp3) is 0.476. The Hall–Kier alpha value is -1.90. The van der Waals surface area contributed by atoms with Crippen molar-refractivity contribution in [1.29, 1.82) is 0 Å². The van der Waals surface area contributed by atoms with Crippen LogP contribution in [0, 0.1) is 19.8 Å². The zero-order chi connectivity index (χ0) is 16.9. The number of anilines is 1. The third-order valence-corrected chi connectivity index (χ3v) is 5.03. The lowest BCUT2D eigenvalue weighted by molar-refractivity contribution is -0.117. The quantitative estimate of drug-likeness (QED) is 0.819. The number of hydrogen-bond donors (Lipinski definition) is 1. The molecule has 3 heteroatoms. The topological polar surface area (TPSA) is 42.0 Å². The normalized spacial score (nSPS) is 15.6. The summed E-state index contributed by atoms with van der Waals surface area (Å²) in [7, 11) is 0. The lowest BCUT2D eigenvalue weighted by Gasteiger charge is -2.21. The molecule has 24 heavy (non-hydrogen) atoms. The number of aryl methyl sites for hydroxylation is 2. The van der Waals surface area contributed by atoms with Crippen LogP contribution >= 0.6 is 0 Å². The summed E-state index contributed by atoms with van der Waals surface area (Å²) >= 11 is 0. The summed E-state index contributed by atoms with van der Waals surface area (Å²) in [6, 6.07) is 8.20. The molecule has 1 aliphatic rings.